The van der Waals surface area contributed by atoms with Gasteiger partial charge >= 0.3 is 0 Å². The van der Waals surface area contributed by atoms with E-state index in [9.17, 15) is 0 Å². The Kier molecular flexibility index (Phi) is 2.86. The first-order chi connectivity index (χ1) is 5.47. The molecule has 1 aliphatic heterocycles. The van der Waals surface area contributed by atoms with Crippen molar-refractivity contribution in [2.45, 2.75) is 36.7 Å². The molecule has 0 aromatic heterocycles. The molecular formula is C9H14S2. The van der Waals surface area contributed by atoms with Gasteiger partial charge in [0.25, 0.3) is 0 Å². The monoisotopic (exact) mass is 186 g/mol. The van der Waals surface area contributed by atoms with E-state index in [1.807, 2.05) is 23.5 Å². The summed E-state index contributed by atoms with van der Waals surface area (Å²) in [4.78, 5) is 0. The minimum Gasteiger partial charge on any atom is -0.119 e. The van der Waals surface area contributed by atoms with Crippen LogP contribution >= 0.6 is 23.5 Å². The molecule has 2 aliphatic rings. The van der Waals surface area contributed by atoms with Gasteiger partial charge in [-0.15, -0.1) is 23.5 Å². The SMILES string of the molecule is C1=CSC(C2CCCCC2)S1. The lowest BCUT2D eigenvalue weighted by Crippen LogP contribution is -2.15. The van der Waals surface area contributed by atoms with Crippen molar-refractivity contribution in [3.05, 3.63) is 10.8 Å². The molecule has 1 saturated carbocycles. The van der Waals surface area contributed by atoms with Crippen molar-refractivity contribution < 1.29 is 0 Å². The highest BCUT2D eigenvalue weighted by molar-refractivity contribution is 8.22. The molecule has 11 heavy (non-hydrogen) atoms. The molecule has 0 aromatic carbocycles. The van der Waals surface area contributed by atoms with Gasteiger partial charge in [-0.3, -0.25) is 0 Å². The van der Waals surface area contributed by atoms with Crippen LogP contribution in [0.5, 0.6) is 0 Å². The number of thioether (sulfide) groups is 2. The van der Waals surface area contributed by atoms with Crippen LogP contribution in [0.1, 0.15) is 32.1 Å². The molecule has 0 bridgehead atoms. The normalized spacial score (nSPS) is 28.0. The molecule has 0 spiro atoms. The highest BCUT2D eigenvalue weighted by atomic mass is 32.2. The van der Waals surface area contributed by atoms with Gasteiger partial charge in [0.2, 0.25) is 0 Å². The van der Waals surface area contributed by atoms with Gasteiger partial charge in [0.15, 0.2) is 0 Å². The fourth-order valence-corrected chi connectivity index (χ4v) is 4.33. The molecule has 0 saturated heterocycles. The van der Waals surface area contributed by atoms with Crippen LogP contribution in [-0.2, 0) is 0 Å². The largest absolute Gasteiger partial charge is 0.119 e. The van der Waals surface area contributed by atoms with E-state index in [1.54, 1.807) is 0 Å². The van der Waals surface area contributed by atoms with Crippen molar-refractivity contribution in [1.82, 2.24) is 0 Å². The molecule has 0 unspecified atom stereocenters. The lowest BCUT2D eigenvalue weighted by molar-refractivity contribution is 0.381. The second kappa shape index (κ2) is 3.90. The van der Waals surface area contributed by atoms with E-state index in [2.05, 4.69) is 10.8 Å². The number of rotatable bonds is 1. The zero-order valence-electron chi connectivity index (χ0n) is 6.66. The molecule has 0 amide bonds. The lowest BCUT2D eigenvalue weighted by atomic mass is 9.91. The van der Waals surface area contributed by atoms with E-state index in [0.717, 1.165) is 10.5 Å². The van der Waals surface area contributed by atoms with Crippen LogP contribution in [0.2, 0.25) is 0 Å². The molecule has 0 aromatic rings. The Labute approximate surface area is 77.2 Å². The van der Waals surface area contributed by atoms with Crippen molar-refractivity contribution in [2.75, 3.05) is 0 Å². The topological polar surface area (TPSA) is 0 Å². The summed E-state index contributed by atoms with van der Waals surface area (Å²) >= 11 is 4.06. The van der Waals surface area contributed by atoms with Crippen LogP contribution in [0.15, 0.2) is 10.8 Å². The lowest BCUT2D eigenvalue weighted by Gasteiger charge is -2.25. The third-order valence-corrected chi connectivity index (χ3v) is 5.25. The Morgan fingerprint density at radius 1 is 0.909 bits per heavy atom. The molecule has 2 rings (SSSR count). The van der Waals surface area contributed by atoms with Crippen LogP contribution in [-0.4, -0.2) is 4.58 Å². The fraction of sp³-hybridized carbons (Fsp3) is 0.778. The standard InChI is InChI=1S/C9H14S2/c1-2-4-8(5-3-1)9-10-6-7-11-9/h6-9H,1-5H2. The maximum atomic E-state index is 2.25. The summed E-state index contributed by atoms with van der Waals surface area (Å²) in [5.41, 5.74) is 0. The van der Waals surface area contributed by atoms with Crippen molar-refractivity contribution in [2.24, 2.45) is 5.92 Å². The maximum absolute atomic E-state index is 2.25. The van der Waals surface area contributed by atoms with Gasteiger partial charge in [-0.1, -0.05) is 19.3 Å². The Hall–Kier alpha value is 0.440. The first kappa shape index (κ1) is 8.06. The first-order valence-corrected chi connectivity index (χ1v) is 6.31. The van der Waals surface area contributed by atoms with E-state index in [4.69, 9.17) is 0 Å². The predicted octanol–water partition coefficient (Wildman–Crippen LogP) is 3.84. The maximum Gasteiger partial charge on any atom is 0.0613 e. The van der Waals surface area contributed by atoms with Crippen molar-refractivity contribution >= 4 is 23.5 Å². The van der Waals surface area contributed by atoms with Crippen LogP contribution in [0, 0.1) is 5.92 Å². The summed E-state index contributed by atoms with van der Waals surface area (Å²) in [5, 5.41) is 4.51. The first-order valence-electron chi connectivity index (χ1n) is 4.43. The minimum atomic E-state index is 0.871. The molecule has 0 nitrogen and oxygen atoms in total. The summed E-state index contributed by atoms with van der Waals surface area (Å²) in [6, 6.07) is 0. The molecule has 2 heteroatoms. The van der Waals surface area contributed by atoms with E-state index in [-0.39, 0.29) is 0 Å². The second-order valence-corrected chi connectivity index (χ2v) is 5.71. The second-order valence-electron chi connectivity index (χ2n) is 3.31. The molecule has 0 radical (unpaired) electrons. The average molecular weight is 186 g/mol. The third-order valence-electron chi connectivity index (χ3n) is 2.52. The Morgan fingerprint density at radius 2 is 1.55 bits per heavy atom. The third kappa shape index (κ3) is 1.97. The van der Waals surface area contributed by atoms with Crippen LogP contribution in [0.25, 0.3) is 0 Å². The van der Waals surface area contributed by atoms with Crippen molar-refractivity contribution in [1.29, 1.82) is 0 Å². The molecule has 0 atom stereocenters. The van der Waals surface area contributed by atoms with Crippen molar-refractivity contribution in [3.8, 4) is 0 Å². The zero-order valence-corrected chi connectivity index (χ0v) is 8.29. The molecule has 62 valence electrons. The number of hydrogen-bond acceptors (Lipinski definition) is 2. The molecular weight excluding hydrogens is 172 g/mol. The zero-order chi connectivity index (χ0) is 7.52. The van der Waals surface area contributed by atoms with Gasteiger partial charge in [0.1, 0.15) is 0 Å². The Bertz CT molecular complexity index is 140. The highest BCUT2D eigenvalue weighted by Crippen LogP contribution is 2.43. The van der Waals surface area contributed by atoms with E-state index >= 15 is 0 Å². The van der Waals surface area contributed by atoms with Crippen LogP contribution in [0.3, 0.4) is 0 Å². The summed E-state index contributed by atoms with van der Waals surface area (Å²) in [7, 11) is 0. The van der Waals surface area contributed by atoms with Crippen LogP contribution in [0.4, 0.5) is 0 Å². The fourth-order valence-electron chi connectivity index (χ4n) is 1.88. The van der Waals surface area contributed by atoms with Gasteiger partial charge in [0, 0.05) is 0 Å². The Morgan fingerprint density at radius 3 is 2.18 bits per heavy atom. The van der Waals surface area contributed by atoms with Gasteiger partial charge < -0.3 is 0 Å². The summed E-state index contributed by atoms with van der Waals surface area (Å²) in [5.74, 6) is 1.01. The summed E-state index contributed by atoms with van der Waals surface area (Å²) in [6.45, 7) is 0. The molecule has 1 heterocycles. The quantitative estimate of drug-likeness (QED) is 0.610. The average Bonchev–Trinajstić information content (AvgIpc) is 2.58. The van der Waals surface area contributed by atoms with Crippen molar-refractivity contribution in [3.63, 3.8) is 0 Å². The molecule has 0 N–H and O–H groups in total. The molecule has 1 fully saturated rings. The minimum absolute atomic E-state index is 0.871. The van der Waals surface area contributed by atoms with Crippen LogP contribution < -0.4 is 0 Å². The smallest absolute Gasteiger partial charge is 0.0613 e. The van der Waals surface area contributed by atoms with Gasteiger partial charge in [0.05, 0.1) is 4.58 Å². The summed E-state index contributed by atoms with van der Waals surface area (Å²) in [6.07, 6.45) is 7.38. The van der Waals surface area contributed by atoms with Gasteiger partial charge in [-0.05, 0) is 29.6 Å². The highest BCUT2D eigenvalue weighted by Gasteiger charge is 2.24. The molecule has 1 aliphatic carbocycles. The number of hydrogen-bond donors (Lipinski definition) is 0. The van der Waals surface area contributed by atoms with E-state index in [1.165, 1.54) is 32.1 Å². The van der Waals surface area contributed by atoms with Gasteiger partial charge in [-0.2, -0.15) is 0 Å². The van der Waals surface area contributed by atoms with Gasteiger partial charge in [-0.25, -0.2) is 0 Å². The van der Waals surface area contributed by atoms with E-state index < -0.39 is 0 Å². The summed E-state index contributed by atoms with van der Waals surface area (Å²) < 4.78 is 0.871. The predicted molar refractivity (Wildman–Crippen MR) is 54.7 cm³/mol. The van der Waals surface area contributed by atoms with E-state index in [0.29, 0.717) is 0 Å². The Balaban J connectivity index is 1.83.